The van der Waals surface area contributed by atoms with Gasteiger partial charge in [-0.05, 0) is 26.3 Å². The first kappa shape index (κ1) is 15.0. The van der Waals surface area contributed by atoms with E-state index in [1.807, 2.05) is 6.92 Å². The maximum Gasteiger partial charge on any atom is 0.307 e. The molecule has 1 aromatic rings. The molecule has 2 heterocycles. The molecule has 0 saturated carbocycles. The lowest BCUT2D eigenvalue weighted by atomic mass is 9.94. The highest BCUT2D eigenvalue weighted by Crippen LogP contribution is 2.29. The minimum Gasteiger partial charge on any atom is -0.481 e. The van der Waals surface area contributed by atoms with Gasteiger partial charge >= 0.3 is 5.97 Å². The van der Waals surface area contributed by atoms with E-state index in [4.69, 9.17) is 9.52 Å². The summed E-state index contributed by atoms with van der Waals surface area (Å²) in [6, 6.07) is 0.0215. The van der Waals surface area contributed by atoms with Gasteiger partial charge in [0, 0.05) is 12.0 Å². The van der Waals surface area contributed by atoms with E-state index in [1.165, 1.54) is 0 Å². The molecule has 1 saturated heterocycles. The Balaban J connectivity index is 2.09. The van der Waals surface area contributed by atoms with E-state index in [9.17, 15) is 4.79 Å². The molecule has 2 unspecified atom stereocenters. The van der Waals surface area contributed by atoms with Gasteiger partial charge in [-0.15, -0.1) is 0 Å². The zero-order valence-electron chi connectivity index (χ0n) is 12.7. The smallest absolute Gasteiger partial charge is 0.307 e. The van der Waals surface area contributed by atoms with Crippen molar-refractivity contribution in [2.24, 2.45) is 5.92 Å². The quantitative estimate of drug-likeness (QED) is 0.922. The number of oxazole rings is 1. The van der Waals surface area contributed by atoms with Crippen molar-refractivity contribution in [1.29, 1.82) is 0 Å². The Kier molecular flexibility index (Phi) is 4.18. The molecule has 0 spiro atoms. The second kappa shape index (κ2) is 5.56. The van der Waals surface area contributed by atoms with Crippen LogP contribution in [0.1, 0.15) is 58.2 Å². The number of aromatic nitrogens is 1. The van der Waals surface area contributed by atoms with Crippen LogP contribution >= 0.6 is 0 Å². The lowest BCUT2D eigenvalue weighted by Gasteiger charge is -2.33. The molecular formula is C15H24N2O3. The second-order valence-corrected chi connectivity index (χ2v) is 6.66. The molecule has 2 atom stereocenters. The Morgan fingerprint density at radius 2 is 2.25 bits per heavy atom. The molecule has 5 heteroatoms. The van der Waals surface area contributed by atoms with Gasteiger partial charge in [0.25, 0.3) is 0 Å². The number of carboxylic acid groups (broad SMARTS) is 1. The Morgan fingerprint density at radius 3 is 2.80 bits per heavy atom. The topological polar surface area (TPSA) is 66.6 Å². The van der Waals surface area contributed by atoms with E-state index in [2.05, 4.69) is 30.7 Å². The fourth-order valence-electron chi connectivity index (χ4n) is 2.54. The van der Waals surface area contributed by atoms with Crippen LogP contribution in [0.15, 0.2) is 10.6 Å². The van der Waals surface area contributed by atoms with Gasteiger partial charge in [0.05, 0.1) is 18.2 Å². The van der Waals surface area contributed by atoms with Gasteiger partial charge in [0.15, 0.2) is 0 Å². The van der Waals surface area contributed by atoms with Crippen LogP contribution in [0.5, 0.6) is 0 Å². The molecule has 1 aliphatic heterocycles. The summed E-state index contributed by atoms with van der Waals surface area (Å²) in [5.41, 5.74) is -0.0591. The zero-order chi connectivity index (χ0) is 14.9. The van der Waals surface area contributed by atoms with E-state index >= 15 is 0 Å². The molecule has 0 bridgehead atoms. The molecule has 5 nitrogen and oxygen atoms in total. The first-order chi connectivity index (χ1) is 9.29. The van der Waals surface area contributed by atoms with E-state index in [-0.39, 0.29) is 17.4 Å². The van der Waals surface area contributed by atoms with Crippen LogP contribution < -0.4 is 0 Å². The van der Waals surface area contributed by atoms with E-state index in [0.717, 1.165) is 25.1 Å². The van der Waals surface area contributed by atoms with E-state index in [0.29, 0.717) is 12.4 Å². The monoisotopic (exact) mass is 280 g/mol. The van der Waals surface area contributed by atoms with Crippen molar-refractivity contribution < 1.29 is 14.3 Å². The summed E-state index contributed by atoms with van der Waals surface area (Å²) < 4.78 is 5.86. The number of carbonyl (C=O) groups is 1. The molecule has 1 aliphatic rings. The minimum atomic E-state index is -0.704. The normalized spacial score (nSPS) is 22.7. The third-order valence-corrected chi connectivity index (χ3v) is 3.97. The molecule has 0 radical (unpaired) electrons. The molecular weight excluding hydrogens is 256 g/mol. The third kappa shape index (κ3) is 3.20. The molecule has 2 rings (SSSR count). The van der Waals surface area contributed by atoms with Crippen molar-refractivity contribution in [3.63, 3.8) is 0 Å². The summed E-state index contributed by atoms with van der Waals surface area (Å²) in [5.74, 6) is 0.569. The van der Waals surface area contributed by atoms with Gasteiger partial charge in [0.2, 0.25) is 5.89 Å². The predicted molar refractivity (Wildman–Crippen MR) is 75.6 cm³/mol. The van der Waals surface area contributed by atoms with Crippen molar-refractivity contribution >= 4 is 5.97 Å². The number of aliphatic carboxylic acids is 1. The van der Waals surface area contributed by atoms with Gasteiger partial charge in [-0.3, -0.25) is 9.69 Å². The lowest BCUT2D eigenvalue weighted by molar-refractivity contribution is -0.144. The Hall–Kier alpha value is -1.36. The fraction of sp³-hybridized carbons (Fsp3) is 0.733. The summed E-state index contributed by atoms with van der Waals surface area (Å²) in [6.07, 6.45) is 3.45. The standard InChI is InChI=1S/C15H24N2O3/c1-10(13-16-8-12(20-13)15(2,3)4)17-7-5-6-11(9-17)14(18)19/h8,10-11H,5-7,9H2,1-4H3,(H,18,19). The van der Waals surface area contributed by atoms with Crippen LogP contribution in [0.3, 0.4) is 0 Å². The number of carboxylic acids is 1. The molecule has 1 fully saturated rings. The van der Waals surface area contributed by atoms with Crippen LogP contribution in [-0.4, -0.2) is 34.0 Å². The van der Waals surface area contributed by atoms with Gasteiger partial charge in [0.1, 0.15) is 5.76 Å². The van der Waals surface area contributed by atoms with Crippen LogP contribution in [0.2, 0.25) is 0 Å². The lowest BCUT2D eigenvalue weighted by Crippen LogP contribution is -2.40. The first-order valence-electron chi connectivity index (χ1n) is 7.22. The highest BCUT2D eigenvalue weighted by Gasteiger charge is 2.31. The number of nitrogens with zero attached hydrogens (tertiary/aromatic N) is 2. The van der Waals surface area contributed by atoms with Gasteiger partial charge in [-0.25, -0.2) is 4.98 Å². The zero-order valence-corrected chi connectivity index (χ0v) is 12.7. The largest absolute Gasteiger partial charge is 0.481 e. The molecule has 0 amide bonds. The molecule has 0 aromatic carbocycles. The van der Waals surface area contributed by atoms with Crippen LogP contribution in [0.4, 0.5) is 0 Å². The first-order valence-corrected chi connectivity index (χ1v) is 7.22. The van der Waals surface area contributed by atoms with Gasteiger partial charge in [-0.1, -0.05) is 20.8 Å². The molecule has 0 aliphatic carbocycles. The Labute approximate surface area is 120 Å². The van der Waals surface area contributed by atoms with E-state index < -0.39 is 5.97 Å². The van der Waals surface area contributed by atoms with Gasteiger partial charge < -0.3 is 9.52 Å². The number of likely N-dealkylation sites (tertiary alicyclic amines) is 1. The summed E-state index contributed by atoms with van der Waals surface area (Å²) >= 11 is 0. The summed E-state index contributed by atoms with van der Waals surface area (Å²) in [5, 5.41) is 9.15. The number of hydrogen-bond acceptors (Lipinski definition) is 4. The molecule has 112 valence electrons. The van der Waals surface area contributed by atoms with E-state index in [1.54, 1.807) is 6.20 Å². The minimum absolute atomic E-state index is 0.0215. The number of hydrogen-bond donors (Lipinski definition) is 1. The van der Waals surface area contributed by atoms with Crippen LogP contribution in [-0.2, 0) is 10.2 Å². The summed E-state index contributed by atoms with van der Waals surface area (Å²) in [7, 11) is 0. The van der Waals surface area contributed by atoms with Crippen LogP contribution in [0.25, 0.3) is 0 Å². The Bertz CT molecular complexity index is 476. The van der Waals surface area contributed by atoms with Gasteiger partial charge in [-0.2, -0.15) is 0 Å². The van der Waals surface area contributed by atoms with Crippen molar-refractivity contribution in [1.82, 2.24) is 9.88 Å². The highest BCUT2D eigenvalue weighted by molar-refractivity contribution is 5.70. The van der Waals surface area contributed by atoms with Crippen molar-refractivity contribution in [2.75, 3.05) is 13.1 Å². The van der Waals surface area contributed by atoms with Crippen molar-refractivity contribution in [3.05, 3.63) is 17.8 Å². The average molecular weight is 280 g/mol. The summed E-state index contributed by atoms with van der Waals surface area (Å²) in [6.45, 7) is 9.76. The molecule has 1 N–H and O–H groups in total. The van der Waals surface area contributed by atoms with Crippen molar-refractivity contribution in [2.45, 2.75) is 52.0 Å². The number of rotatable bonds is 3. The maximum atomic E-state index is 11.1. The highest BCUT2D eigenvalue weighted by atomic mass is 16.4. The third-order valence-electron chi connectivity index (χ3n) is 3.97. The Morgan fingerprint density at radius 1 is 1.55 bits per heavy atom. The van der Waals surface area contributed by atoms with Crippen LogP contribution in [0, 0.1) is 5.92 Å². The summed E-state index contributed by atoms with van der Waals surface area (Å²) in [4.78, 5) is 17.7. The average Bonchev–Trinajstić information content (AvgIpc) is 2.87. The maximum absolute atomic E-state index is 11.1. The SMILES string of the molecule is CC(c1ncc(C(C)(C)C)o1)N1CCCC(C(=O)O)C1. The second-order valence-electron chi connectivity index (χ2n) is 6.66. The molecule has 1 aromatic heterocycles. The number of piperidine rings is 1. The predicted octanol–water partition coefficient (Wildman–Crippen LogP) is 2.83. The fourth-order valence-corrected chi connectivity index (χ4v) is 2.54. The molecule has 20 heavy (non-hydrogen) atoms. The van der Waals surface area contributed by atoms with Crippen molar-refractivity contribution in [3.8, 4) is 0 Å².